The van der Waals surface area contributed by atoms with Gasteiger partial charge in [-0.1, -0.05) is 37.1 Å². The molecule has 1 amide bonds. The number of hydrogen-bond acceptors (Lipinski definition) is 5. The van der Waals surface area contributed by atoms with Crippen molar-refractivity contribution in [3.63, 3.8) is 0 Å². The van der Waals surface area contributed by atoms with E-state index in [-0.39, 0.29) is 22.1 Å². The molecule has 0 atom stereocenters. The second-order valence-corrected chi connectivity index (χ2v) is 9.94. The molecule has 4 rings (SSSR count). The molecule has 2 heterocycles. The highest BCUT2D eigenvalue weighted by molar-refractivity contribution is 7.89. The molecule has 1 fully saturated rings. The van der Waals surface area contributed by atoms with Crippen LogP contribution < -0.4 is 10.1 Å². The van der Waals surface area contributed by atoms with E-state index in [1.54, 1.807) is 18.3 Å². The number of benzene rings is 2. The minimum atomic E-state index is -3.76. The summed E-state index contributed by atoms with van der Waals surface area (Å²) in [4.78, 5) is 12.8. The topological polar surface area (TPSA) is 104 Å². The lowest BCUT2D eigenvalue weighted by molar-refractivity contribution is 0.0950. The van der Waals surface area contributed by atoms with Crippen molar-refractivity contribution < 1.29 is 17.9 Å². The largest absolute Gasteiger partial charge is 0.495 e. The Morgan fingerprint density at radius 3 is 2.42 bits per heavy atom. The van der Waals surface area contributed by atoms with Gasteiger partial charge in [0.25, 0.3) is 5.91 Å². The van der Waals surface area contributed by atoms with E-state index in [1.165, 1.54) is 17.5 Å². The van der Waals surface area contributed by atoms with Crippen LogP contribution in [0.15, 0.2) is 59.6 Å². The summed E-state index contributed by atoms with van der Waals surface area (Å²) >= 11 is 0. The number of nitrogens with one attached hydrogen (secondary N) is 2. The first-order valence-corrected chi connectivity index (χ1v) is 12.5. The number of H-pyrrole nitrogens is 1. The molecule has 1 aliphatic heterocycles. The van der Waals surface area contributed by atoms with E-state index in [2.05, 4.69) is 15.5 Å². The van der Waals surface area contributed by atoms with E-state index >= 15 is 0 Å². The van der Waals surface area contributed by atoms with E-state index in [9.17, 15) is 13.2 Å². The van der Waals surface area contributed by atoms with Crippen molar-refractivity contribution in [2.75, 3.05) is 20.2 Å². The number of carbonyl (C=O) groups is 1. The van der Waals surface area contributed by atoms with Crippen LogP contribution in [0.3, 0.4) is 0 Å². The number of aromatic nitrogens is 2. The highest BCUT2D eigenvalue weighted by atomic mass is 32.2. The molecule has 0 radical (unpaired) electrons. The average Bonchev–Trinajstić information content (AvgIpc) is 3.24. The van der Waals surface area contributed by atoms with Crippen molar-refractivity contribution in [1.29, 1.82) is 0 Å². The number of nitrogens with zero attached hydrogens (tertiary/aromatic N) is 2. The maximum Gasteiger partial charge on any atom is 0.251 e. The van der Waals surface area contributed by atoms with Gasteiger partial charge >= 0.3 is 0 Å². The van der Waals surface area contributed by atoms with Gasteiger partial charge in [0.05, 0.1) is 12.8 Å². The first-order valence-electron chi connectivity index (χ1n) is 11.0. The van der Waals surface area contributed by atoms with E-state index in [0.717, 1.165) is 42.5 Å². The number of methoxy groups -OCH3 is 1. The molecular weight excluding hydrogens is 440 g/mol. The lowest BCUT2D eigenvalue weighted by Gasteiger charge is -2.21. The predicted octanol–water partition coefficient (Wildman–Crippen LogP) is 3.58. The van der Waals surface area contributed by atoms with Crippen molar-refractivity contribution in [3.05, 3.63) is 65.9 Å². The molecule has 0 saturated carbocycles. The highest BCUT2D eigenvalue weighted by Crippen LogP contribution is 2.29. The minimum absolute atomic E-state index is 0.0310. The van der Waals surface area contributed by atoms with E-state index in [4.69, 9.17) is 4.74 Å². The lowest BCUT2D eigenvalue weighted by atomic mass is 10.1. The number of sulfonamides is 1. The molecule has 33 heavy (non-hydrogen) atoms. The SMILES string of the molecule is COc1ccc(C(=O)NCc2ccc(-c3ccn[nH]3)cc2)cc1S(=O)(=O)N1CCCCCC1. The van der Waals surface area contributed by atoms with Crippen LogP contribution in [0.25, 0.3) is 11.3 Å². The van der Waals surface area contributed by atoms with Gasteiger partial charge in [-0.05, 0) is 48.2 Å². The third-order valence-corrected chi connectivity index (χ3v) is 7.75. The Morgan fingerprint density at radius 1 is 1.06 bits per heavy atom. The molecule has 1 saturated heterocycles. The molecule has 174 valence electrons. The Kier molecular flexibility index (Phi) is 7.10. The van der Waals surface area contributed by atoms with Crippen molar-refractivity contribution >= 4 is 15.9 Å². The van der Waals surface area contributed by atoms with Gasteiger partial charge in [0.15, 0.2) is 0 Å². The first-order chi connectivity index (χ1) is 16.0. The number of hydrogen-bond donors (Lipinski definition) is 2. The van der Waals surface area contributed by atoms with Crippen molar-refractivity contribution in [3.8, 4) is 17.0 Å². The summed E-state index contributed by atoms with van der Waals surface area (Å²) in [6, 6.07) is 14.2. The zero-order valence-electron chi connectivity index (χ0n) is 18.6. The monoisotopic (exact) mass is 468 g/mol. The summed E-state index contributed by atoms with van der Waals surface area (Å²) in [5.41, 5.74) is 3.12. The number of carbonyl (C=O) groups excluding carboxylic acids is 1. The molecule has 0 bridgehead atoms. The van der Waals surface area contributed by atoms with Crippen LogP contribution in [-0.4, -0.2) is 49.0 Å². The normalized spacial score (nSPS) is 15.1. The third-order valence-electron chi connectivity index (χ3n) is 5.83. The van der Waals surface area contributed by atoms with Crippen molar-refractivity contribution in [2.45, 2.75) is 37.1 Å². The van der Waals surface area contributed by atoms with Crippen LogP contribution >= 0.6 is 0 Å². The number of aromatic amines is 1. The fraction of sp³-hybridized carbons (Fsp3) is 0.333. The van der Waals surface area contributed by atoms with Gasteiger partial charge in [0.2, 0.25) is 10.0 Å². The standard InChI is InChI=1S/C24H28N4O4S/c1-32-22-11-10-20(16-23(22)33(30,31)28-14-4-2-3-5-15-28)24(29)25-17-18-6-8-19(9-7-18)21-12-13-26-27-21/h6-13,16H,2-5,14-15,17H2,1H3,(H,25,29)(H,26,27). The van der Waals surface area contributed by atoms with Gasteiger partial charge < -0.3 is 10.1 Å². The second-order valence-electron chi connectivity index (χ2n) is 8.03. The molecule has 8 nitrogen and oxygen atoms in total. The summed E-state index contributed by atoms with van der Waals surface area (Å²) < 4.78 is 33.4. The Morgan fingerprint density at radius 2 is 1.79 bits per heavy atom. The fourth-order valence-corrected chi connectivity index (χ4v) is 5.64. The van der Waals surface area contributed by atoms with Gasteiger partial charge in [-0.3, -0.25) is 9.89 Å². The number of amides is 1. The van der Waals surface area contributed by atoms with Crippen LogP contribution in [0.2, 0.25) is 0 Å². The molecule has 1 aromatic heterocycles. The second kappa shape index (κ2) is 10.2. The summed E-state index contributed by atoms with van der Waals surface area (Å²) in [6.07, 6.45) is 5.41. The van der Waals surface area contributed by atoms with Crippen LogP contribution in [0.4, 0.5) is 0 Å². The smallest absolute Gasteiger partial charge is 0.251 e. The predicted molar refractivity (Wildman–Crippen MR) is 125 cm³/mol. The Labute approximate surface area is 194 Å². The maximum atomic E-state index is 13.3. The molecule has 0 aliphatic carbocycles. The zero-order valence-corrected chi connectivity index (χ0v) is 19.4. The van der Waals surface area contributed by atoms with Crippen LogP contribution in [-0.2, 0) is 16.6 Å². The Bertz CT molecular complexity index is 1180. The lowest BCUT2D eigenvalue weighted by Crippen LogP contribution is -2.32. The summed E-state index contributed by atoms with van der Waals surface area (Å²) in [5.74, 6) is -0.104. The quantitative estimate of drug-likeness (QED) is 0.552. The van der Waals surface area contributed by atoms with E-state index in [0.29, 0.717) is 19.6 Å². The van der Waals surface area contributed by atoms with Gasteiger partial charge in [0, 0.05) is 31.4 Å². The molecular formula is C24H28N4O4S. The Balaban J connectivity index is 1.49. The average molecular weight is 469 g/mol. The molecule has 9 heteroatoms. The van der Waals surface area contributed by atoms with Gasteiger partial charge in [-0.25, -0.2) is 8.42 Å². The molecule has 2 N–H and O–H groups in total. The highest BCUT2D eigenvalue weighted by Gasteiger charge is 2.29. The van der Waals surface area contributed by atoms with Crippen molar-refractivity contribution in [1.82, 2.24) is 19.8 Å². The number of rotatable bonds is 7. The summed E-state index contributed by atoms with van der Waals surface area (Å²) in [6.45, 7) is 1.29. The molecule has 2 aromatic carbocycles. The minimum Gasteiger partial charge on any atom is -0.495 e. The Hall–Kier alpha value is -3.17. The maximum absolute atomic E-state index is 13.3. The summed E-state index contributed by atoms with van der Waals surface area (Å²) in [5, 5.41) is 9.73. The first kappa shape index (κ1) is 23.0. The molecule has 0 spiro atoms. The van der Waals surface area contributed by atoms with Crippen LogP contribution in [0.5, 0.6) is 5.75 Å². The van der Waals surface area contributed by atoms with Gasteiger partial charge in [-0.15, -0.1) is 0 Å². The molecule has 0 unspecified atom stereocenters. The fourth-order valence-electron chi connectivity index (χ4n) is 3.94. The van der Waals surface area contributed by atoms with Crippen LogP contribution in [0, 0.1) is 0 Å². The van der Waals surface area contributed by atoms with E-state index in [1.807, 2.05) is 30.3 Å². The van der Waals surface area contributed by atoms with Crippen LogP contribution in [0.1, 0.15) is 41.6 Å². The van der Waals surface area contributed by atoms with E-state index < -0.39 is 10.0 Å². The summed E-state index contributed by atoms with van der Waals surface area (Å²) in [7, 11) is -2.32. The van der Waals surface area contributed by atoms with Gasteiger partial charge in [-0.2, -0.15) is 9.40 Å². The van der Waals surface area contributed by atoms with Gasteiger partial charge in [0.1, 0.15) is 10.6 Å². The number of ether oxygens (including phenoxy) is 1. The third kappa shape index (κ3) is 5.26. The molecule has 1 aliphatic rings. The van der Waals surface area contributed by atoms with Crippen molar-refractivity contribution in [2.24, 2.45) is 0 Å². The zero-order chi connectivity index (χ0) is 23.3. The molecule has 3 aromatic rings.